The van der Waals surface area contributed by atoms with E-state index in [0.717, 1.165) is 18.6 Å². The molecule has 3 aromatic rings. The third-order valence-electron chi connectivity index (χ3n) is 5.05. The third-order valence-corrected chi connectivity index (χ3v) is 6.46. The van der Waals surface area contributed by atoms with Gasteiger partial charge in [-0.25, -0.2) is 17.2 Å². The fourth-order valence-electron chi connectivity index (χ4n) is 2.81. The van der Waals surface area contributed by atoms with Gasteiger partial charge in [0.05, 0.1) is 0 Å². The predicted octanol–water partition coefficient (Wildman–Crippen LogP) is 6.25. The lowest BCUT2D eigenvalue weighted by Gasteiger charge is -2.23. The lowest BCUT2D eigenvalue weighted by atomic mass is 9.82. The molecule has 0 radical (unpaired) electrons. The number of ether oxygens (including phenoxy) is 1. The number of anilines is 1. The number of sulfonamides is 1. The van der Waals surface area contributed by atoms with Crippen LogP contribution in [0.15, 0.2) is 71.6 Å². The molecule has 0 aliphatic heterocycles. The molecule has 1 N–H and O–H groups in total. The first-order chi connectivity index (χ1) is 14.1. The molecule has 0 unspecified atom stereocenters. The van der Waals surface area contributed by atoms with Gasteiger partial charge in [-0.2, -0.15) is 0 Å². The van der Waals surface area contributed by atoms with E-state index < -0.39 is 26.6 Å². The number of hydrogen-bond donors (Lipinski definition) is 1. The lowest BCUT2D eigenvalue weighted by molar-refractivity contribution is 0.478. The number of benzene rings is 3. The molecule has 0 saturated heterocycles. The smallest absolute Gasteiger partial charge is 0.264 e. The maximum Gasteiger partial charge on any atom is 0.264 e. The standard InChI is InChI=1S/C23H23F2NO3S/c1-4-23(2,3)16-5-10-19(11-6-16)29-20-12-8-18(9-13-20)26-30(27,28)22-14-7-17(24)15-21(22)25/h5-15,26H,4H2,1-3H3. The average molecular weight is 432 g/mol. The van der Waals surface area contributed by atoms with Gasteiger partial charge in [-0.3, -0.25) is 4.72 Å². The lowest BCUT2D eigenvalue weighted by Crippen LogP contribution is -2.15. The van der Waals surface area contributed by atoms with Gasteiger partial charge in [-0.05, 0) is 65.9 Å². The van der Waals surface area contributed by atoms with Crippen molar-refractivity contribution < 1.29 is 21.9 Å². The van der Waals surface area contributed by atoms with Crippen LogP contribution in [-0.4, -0.2) is 8.42 Å². The van der Waals surface area contributed by atoms with Crippen LogP contribution in [0, 0.1) is 11.6 Å². The quantitative estimate of drug-likeness (QED) is 0.481. The highest BCUT2D eigenvalue weighted by Crippen LogP contribution is 2.30. The van der Waals surface area contributed by atoms with Gasteiger partial charge in [0.25, 0.3) is 10.0 Å². The van der Waals surface area contributed by atoms with E-state index in [-0.39, 0.29) is 11.1 Å². The van der Waals surface area contributed by atoms with Crippen molar-refractivity contribution in [3.8, 4) is 11.5 Å². The van der Waals surface area contributed by atoms with E-state index in [1.807, 2.05) is 24.3 Å². The third kappa shape index (κ3) is 4.97. The molecule has 0 spiro atoms. The predicted molar refractivity (Wildman–Crippen MR) is 113 cm³/mol. The van der Waals surface area contributed by atoms with Gasteiger partial charge < -0.3 is 4.74 Å². The molecular weight excluding hydrogens is 408 g/mol. The first-order valence-electron chi connectivity index (χ1n) is 9.47. The molecule has 30 heavy (non-hydrogen) atoms. The van der Waals surface area contributed by atoms with Gasteiger partial charge in [0.1, 0.15) is 28.0 Å². The maximum atomic E-state index is 13.8. The zero-order valence-corrected chi connectivity index (χ0v) is 17.8. The maximum absolute atomic E-state index is 13.8. The second kappa shape index (κ2) is 8.44. The highest BCUT2D eigenvalue weighted by molar-refractivity contribution is 7.92. The van der Waals surface area contributed by atoms with Crippen LogP contribution >= 0.6 is 0 Å². The van der Waals surface area contributed by atoms with Crippen LogP contribution in [0.5, 0.6) is 11.5 Å². The molecule has 0 atom stereocenters. The first-order valence-corrected chi connectivity index (χ1v) is 11.0. The number of rotatable bonds is 7. The van der Waals surface area contributed by atoms with Crippen LogP contribution in [0.25, 0.3) is 0 Å². The molecule has 0 aliphatic carbocycles. The summed E-state index contributed by atoms with van der Waals surface area (Å²) in [6.07, 6.45) is 1.02. The minimum atomic E-state index is -4.19. The van der Waals surface area contributed by atoms with Gasteiger partial charge in [0.15, 0.2) is 0 Å². The van der Waals surface area contributed by atoms with Gasteiger partial charge in [-0.15, -0.1) is 0 Å². The van der Waals surface area contributed by atoms with Gasteiger partial charge in [0, 0.05) is 11.8 Å². The highest BCUT2D eigenvalue weighted by Gasteiger charge is 2.20. The Labute approximate surface area is 175 Å². The van der Waals surface area contributed by atoms with Crippen molar-refractivity contribution in [2.45, 2.75) is 37.5 Å². The van der Waals surface area contributed by atoms with E-state index in [1.54, 1.807) is 12.1 Å². The van der Waals surface area contributed by atoms with E-state index >= 15 is 0 Å². The van der Waals surface area contributed by atoms with E-state index in [1.165, 1.54) is 17.7 Å². The molecule has 0 fully saturated rings. The van der Waals surface area contributed by atoms with Crippen molar-refractivity contribution in [1.82, 2.24) is 0 Å². The summed E-state index contributed by atoms with van der Waals surface area (Å²) in [6, 6.07) is 16.3. The summed E-state index contributed by atoms with van der Waals surface area (Å²) in [5, 5.41) is 0. The Morgan fingerprint density at radius 3 is 2.00 bits per heavy atom. The van der Waals surface area contributed by atoms with E-state index in [9.17, 15) is 17.2 Å². The normalized spacial score (nSPS) is 11.9. The molecule has 0 aromatic heterocycles. The van der Waals surface area contributed by atoms with Crippen molar-refractivity contribution in [3.05, 3.63) is 83.9 Å². The molecule has 158 valence electrons. The van der Waals surface area contributed by atoms with Crippen molar-refractivity contribution in [2.75, 3.05) is 4.72 Å². The van der Waals surface area contributed by atoms with E-state index in [2.05, 4.69) is 25.5 Å². The Kier molecular flexibility index (Phi) is 6.12. The SMILES string of the molecule is CCC(C)(C)c1ccc(Oc2ccc(NS(=O)(=O)c3ccc(F)cc3F)cc2)cc1. The highest BCUT2D eigenvalue weighted by atomic mass is 32.2. The second-order valence-corrected chi connectivity index (χ2v) is 9.22. The number of halogens is 2. The molecule has 4 nitrogen and oxygen atoms in total. The molecular formula is C23H23F2NO3S. The van der Waals surface area contributed by atoms with Crippen LogP contribution in [0.3, 0.4) is 0 Å². The van der Waals surface area contributed by atoms with Gasteiger partial charge in [0.2, 0.25) is 0 Å². The first kappa shape index (κ1) is 21.8. The molecule has 0 amide bonds. The summed E-state index contributed by atoms with van der Waals surface area (Å²) in [5.74, 6) is -0.822. The Morgan fingerprint density at radius 1 is 0.900 bits per heavy atom. The minimum Gasteiger partial charge on any atom is -0.457 e. The Bertz CT molecular complexity index is 1130. The fraction of sp³-hybridized carbons (Fsp3) is 0.217. The topological polar surface area (TPSA) is 55.4 Å². The molecule has 0 aliphatic rings. The largest absolute Gasteiger partial charge is 0.457 e. The summed E-state index contributed by atoms with van der Waals surface area (Å²) < 4.78 is 59.6. The molecule has 3 aromatic carbocycles. The minimum absolute atomic E-state index is 0.0847. The summed E-state index contributed by atoms with van der Waals surface area (Å²) in [7, 11) is -4.19. The zero-order valence-electron chi connectivity index (χ0n) is 16.9. The number of hydrogen-bond acceptors (Lipinski definition) is 3. The van der Waals surface area contributed by atoms with Crippen LogP contribution in [-0.2, 0) is 15.4 Å². The molecule has 0 heterocycles. The average Bonchev–Trinajstić information content (AvgIpc) is 2.69. The van der Waals surface area contributed by atoms with Crippen molar-refractivity contribution >= 4 is 15.7 Å². The Balaban J connectivity index is 1.70. The van der Waals surface area contributed by atoms with Crippen LogP contribution in [0.1, 0.15) is 32.8 Å². The summed E-state index contributed by atoms with van der Waals surface area (Å²) >= 11 is 0. The van der Waals surface area contributed by atoms with Crippen molar-refractivity contribution in [3.63, 3.8) is 0 Å². The van der Waals surface area contributed by atoms with E-state index in [0.29, 0.717) is 17.6 Å². The summed E-state index contributed by atoms with van der Waals surface area (Å²) in [5.41, 5.74) is 1.53. The zero-order chi connectivity index (χ0) is 21.9. The van der Waals surface area contributed by atoms with E-state index in [4.69, 9.17) is 4.74 Å². The molecule has 3 rings (SSSR count). The van der Waals surface area contributed by atoms with Gasteiger partial charge >= 0.3 is 0 Å². The molecule has 0 saturated carbocycles. The Morgan fingerprint density at radius 2 is 1.47 bits per heavy atom. The van der Waals surface area contributed by atoms with Crippen LogP contribution in [0.4, 0.5) is 14.5 Å². The number of nitrogens with one attached hydrogen (secondary N) is 1. The monoisotopic (exact) mass is 431 g/mol. The molecule has 0 bridgehead atoms. The van der Waals surface area contributed by atoms with Gasteiger partial charge in [-0.1, -0.05) is 32.9 Å². The van der Waals surface area contributed by atoms with Crippen molar-refractivity contribution in [1.29, 1.82) is 0 Å². The Hall–Kier alpha value is -2.93. The molecule has 7 heteroatoms. The van der Waals surface area contributed by atoms with Crippen molar-refractivity contribution in [2.24, 2.45) is 0 Å². The van der Waals surface area contributed by atoms with Crippen LogP contribution in [0.2, 0.25) is 0 Å². The summed E-state index contributed by atoms with van der Waals surface area (Å²) in [6.45, 7) is 6.51. The fourth-order valence-corrected chi connectivity index (χ4v) is 3.93. The van der Waals surface area contributed by atoms with Crippen LogP contribution < -0.4 is 9.46 Å². The summed E-state index contributed by atoms with van der Waals surface area (Å²) in [4.78, 5) is -0.626. The second-order valence-electron chi connectivity index (χ2n) is 7.57.